The largest absolute Gasteiger partial charge is 0.445 e. The molecule has 0 spiro atoms. The van der Waals surface area contributed by atoms with E-state index >= 15 is 0 Å². The van der Waals surface area contributed by atoms with E-state index in [0.29, 0.717) is 48.9 Å². The summed E-state index contributed by atoms with van der Waals surface area (Å²) in [6.07, 6.45) is 6.26. The fourth-order valence-electron chi connectivity index (χ4n) is 10.5. The van der Waals surface area contributed by atoms with Crippen LogP contribution in [0.5, 0.6) is 0 Å². The molecule has 1 aliphatic heterocycles. The highest BCUT2D eigenvalue weighted by Crippen LogP contribution is 2.46. The quantitative estimate of drug-likeness (QED) is 0.0214. The van der Waals surface area contributed by atoms with Crippen LogP contribution in [-0.4, -0.2) is 135 Å². The molecule has 0 radical (unpaired) electrons. The van der Waals surface area contributed by atoms with E-state index in [1.165, 1.54) is 36.1 Å². The van der Waals surface area contributed by atoms with E-state index in [1.807, 2.05) is 78.8 Å². The van der Waals surface area contributed by atoms with Gasteiger partial charge in [0.05, 0.1) is 22.5 Å². The Kier molecular flexibility index (Phi) is 25.6. The van der Waals surface area contributed by atoms with Crippen LogP contribution < -0.4 is 47.7 Å². The first-order valence-electron chi connectivity index (χ1n) is 30.4. The Morgan fingerprint density at radius 3 is 1.93 bits per heavy atom. The molecule has 3 aromatic rings. The van der Waals surface area contributed by atoms with Gasteiger partial charge in [0.15, 0.2) is 0 Å². The maximum atomic E-state index is 14.4. The van der Waals surface area contributed by atoms with Crippen molar-refractivity contribution >= 4 is 75.1 Å². The summed E-state index contributed by atoms with van der Waals surface area (Å²) < 4.78 is 35.0. The molecule has 0 bridgehead atoms. The number of nitrogens with zero attached hydrogens (tertiary/aromatic N) is 2. The van der Waals surface area contributed by atoms with Gasteiger partial charge in [0.25, 0.3) is 27.7 Å². The van der Waals surface area contributed by atoms with Gasteiger partial charge in [0.2, 0.25) is 29.5 Å². The number of imide groups is 1. The van der Waals surface area contributed by atoms with E-state index in [-0.39, 0.29) is 84.9 Å². The molecule has 0 saturated heterocycles. The molecule has 1 fully saturated rings. The summed E-state index contributed by atoms with van der Waals surface area (Å²) in [6.45, 7) is 18.3. The number of anilines is 1. The van der Waals surface area contributed by atoms with E-state index in [2.05, 4.69) is 41.9 Å². The van der Waals surface area contributed by atoms with Crippen LogP contribution in [0.1, 0.15) is 137 Å². The zero-order chi connectivity index (χ0) is 66.9. The normalized spacial score (nSPS) is 15.6. The fourth-order valence-corrected chi connectivity index (χ4v) is 11.5. The Hall–Kier alpha value is -8.45. The molecule has 2 aliphatic rings. The standard InChI is InChI=1S/C65H91N11O13S/c1-40(2)49(75(12)60(84)55(63(6,7)8)72-59(83)54(67-11)64(9,10)44-20-15-13-16-21-44)38-42(5)56(80)74-90(87,88)47-30-26-45(27-31-47)65(34-35-65)73-62(86)89-39-43-24-28-46(29-25-43)69-57(81)48(22-19-36-68-61(66)85)70-58(82)53(41(3)4)71-50(77)23-17-14-18-37-76-51(78)32-33-52(76)79/h13,15-16,20-21,24-33,38,40-41,48-49,53-55,67H,14,17-19,22-23,34-37,39H2,1-12H3,(H,69,81)(H,70,82)(H,71,77)(H,72,83)(H,73,86)(H,74,80)(H3,66,68,85)/b42-38+/t48-,49-,53-,54-,55?/m1/s1. The maximum absolute atomic E-state index is 14.4. The zero-order valence-electron chi connectivity index (χ0n) is 53.7. The molecule has 490 valence electrons. The molecule has 5 rings (SSSR count). The summed E-state index contributed by atoms with van der Waals surface area (Å²) in [6, 6.07) is 16.6. The molecular weight excluding hydrogens is 1170 g/mol. The van der Waals surface area contributed by atoms with Crippen molar-refractivity contribution in [2.45, 2.75) is 173 Å². The first-order valence-corrected chi connectivity index (χ1v) is 31.9. The first kappa shape index (κ1) is 72.3. The number of rotatable bonds is 32. The van der Waals surface area contributed by atoms with Gasteiger partial charge in [-0.2, -0.15) is 0 Å². The lowest BCUT2D eigenvalue weighted by Crippen LogP contribution is -2.61. The van der Waals surface area contributed by atoms with Crippen molar-refractivity contribution in [2.24, 2.45) is 23.0 Å². The van der Waals surface area contributed by atoms with Crippen LogP contribution in [0.15, 0.2) is 108 Å². The number of carbonyl (C=O) groups excluding carboxylic acids is 10. The molecule has 1 saturated carbocycles. The molecule has 5 atom stereocenters. The fraction of sp³-hybridized carbons (Fsp3) is 0.508. The number of likely N-dealkylation sites (N-methyl/N-ethyl adjacent to an activating group) is 2. The Morgan fingerprint density at radius 2 is 1.38 bits per heavy atom. The summed E-state index contributed by atoms with van der Waals surface area (Å²) in [5.74, 6) is -4.57. The number of alkyl carbamates (subject to hydrolysis) is 1. The third-order valence-electron chi connectivity index (χ3n) is 16.1. The molecule has 10 N–H and O–H groups in total. The molecule has 1 heterocycles. The van der Waals surface area contributed by atoms with Crippen LogP contribution >= 0.6 is 0 Å². The Labute approximate surface area is 528 Å². The summed E-state index contributed by atoms with van der Waals surface area (Å²) in [5, 5.41) is 19.8. The smallest absolute Gasteiger partial charge is 0.408 e. The van der Waals surface area contributed by atoms with Crippen LogP contribution in [0, 0.1) is 17.3 Å². The van der Waals surface area contributed by atoms with Gasteiger partial charge in [-0.25, -0.2) is 22.7 Å². The zero-order valence-corrected chi connectivity index (χ0v) is 54.6. The molecule has 90 heavy (non-hydrogen) atoms. The Morgan fingerprint density at radius 1 is 0.756 bits per heavy atom. The third-order valence-corrected chi connectivity index (χ3v) is 17.5. The number of nitrogens with one attached hydrogen (secondary N) is 8. The van der Waals surface area contributed by atoms with E-state index in [0.717, 1.165) is 10.5 Å². The predicted molar refractivity (Wildman–Crippen MR) is 340 cm³/mol. The minimum Gasteiger partial charge on any atom is -0.445 e. The summed E-state index contributed by atoms with van der Waals surface area (Å²) in [7, 11) is -1.12. The van der Waals surface area contributed by atoms with E-state index in [1.54, 1.807) is 70.4 Å². The molecule has 0 aromatic heterocycles. The van der Waals surface area contributed by atoms with Crippen LogP contribution in [0.3, 0.4) is 0 Å². The average molecular weight is 1270 g/mol. The number of carbonyl (C=O) groups is 10. The minimum atomic E-state index is -4.40. The summed E-state index contributed by atoms with van der Waals surface area (Å²) in [5.41, 5.74) is 5.50. The van der Waals surface area contributed by atoms with Crippen LogP contribution in [0.25, 0.3) is 0 Å². The number of amides is 11. The average Bonchev–Trinajstić information content (AvgIpc) is 1.80. The predicted octanol–water partition coefficient (Wildman–Crippen LogP) is 5.43. The lowest BCUT2D eigenvalue weighted by atomic mass is 9.76. The number of unbranched alkanes of at least 4 members (excludes halogenated alkanes) is 2. The number of benzene rings is 3. The maximum Gasteiger partial charge on any atom is 0.408 e. The minimum absolute atomic E-state index is 0.0406. The number of hydrogen-bond donors (Lipinski definition) is 9. The van der Waals surface area contributed by atoms with Crippen LogP contribution in [-0.2, 0) is 70.7 Å². The molecule has 24 nitrogen and oxygen atoms in total. The van der Waals surface area contributed by atoms with Gasteiger partial charge in [-0.3, -0.25) is 43.3 Å². The number of nitrogens with two attached hydrogens (primary N) is 1. The lowest BCUT2D eigenvalue weighted by molar-refractivity contribution is -0.141. The van der Waals surface area contributed by atoms with E-state index in [4.69, 9.17) is 10.5 Å². The Bertz CT molecular complexity index is 3230. The molecule has 11 amide bonds. The van der Waals surface area contributed by atoms with Gasteiger partial charge in [-0.05, 0) is 111 Å². The van der Waals surface area contributed by atoms with Crippen LogP contribution in [0.4, 0.5) is 15.3 Å². The lowest BCUT2D eigenvalue weighted by Gasteiger charge is -2.40. The highest BCUT2D eigenvalue weighted by atomic mass is 32.2. The van der Waals surface area contributed by atoms with E-state index in [9.17, 15) is 56.4 Å². The molecular formula is C65H91N11O13S. The molecule has 25 heteroatoms. The molecule has 1 unspecified atom stereocenters. The summed E-state index contributed by atoms with van der Waals surface area (Å²) >= 11 is 0. The number of primary amides is 1. The van der Waals surface area contributed by atoms with Gasteiger partial charge in [0.1, 0.15) is 24.7 Å². The SMILES string of the molecule is CN[C@H](C(=O)NC(C(=O)N(C)[C@H](/C=C(\C)C(=O)NS(=O)(=O)c1ccc(C2(NC(=O)OCc3ccc(NC(=O)[C@@H](CCCNC(N)=O)NC(=O)[C@H](NC(=O)CCCCCN4C(=O)C=CC4=O)C(C)C)cc3)CC2)cc1)C(C)C)C(C)(C)C)C(C)(C)c1ccccc1. The number of hydrogen-bond acceptors (Lipinski definition) is 14. The topological polar surface area (TPSA) is 343 Å². The molecule has 3 aromatic carbocycles. The van der Waals surface area contributed by atoms with Crippen molar-refractivity contribution in [3.8, 4) is 0 Å². The summed E-state index contributed by atoms with van der Waals surface area (Å²) in [4.78, 5) is 133. The van der Waals surface area contributed by atoms with Crippen molar-refractivity contribution in [1.29, 1.82) is 0 Å². The van der Waals surface area contributed by atoms with Crippen molar-refractivity contribution in [1.82, 2.24) is 46.4 Å². The first-order chi connectivity index (χ1) is 42.2. The second-order valence-electron chi connectivity index (χ2n) is 25.3. The van der Waals surface area contributed by atoms with Gasteiger partial charge in [-0.1, -0.05) is 129 Å². The van der Waals surface area contributed by atoms with Crippen molar-refractivity contribution in [2.75, 3.05) is 32.5 Å². The second kappa shape index (κ2) is 31.8. The van der Waals surface area contributed by atoms with Gasteiger partial charge < -0.3 is 52.6 Å². The third kappa shape index (κ3) is 20.3. The Balaban J connectivity index is 1.13. The van der Waals surface area contributed by atoms with Crippen molar-refractivity contribution in [3.63, 3.8) is 0 Å². The van der Waals surface area contributed by atoms with Crippen molar-refractivity contribution < 1.29 is 61.1 Å². The number of urea groups is 1. The number of ether oxygens (including phenoxy) is 1. The monoisotopic (exact) mass is 1270 g/mol. The van der Waals surface area contributed by atoms with Gasteiger partial charge in [0, 0.05) is 55.4 Å². The van der Waals surface area contributed by atoms with Crippen molar-refractivity contribution in [3.05, 3.63) is 119 Å². The van der Waals surface area contributed by atoms with Gasteiger partial charge >= 0.3 is 12.1 Å². The highest BCUT2D eigenvalue weighted by molar-refractivity contribution is 7.90. The van der Waals surface area contributed by atoms with E-state index < -0.39 is 92.4 Å². The number of sulfonamides is 1. The van der Waals surface area contributed by atoms with Crippen LogP contribution in [0.2, 0.25) is 0 Å². The highest BCUT2D eigenvalue weighted by Gasteiger charge is 2.47. The molecule has 1 aliphatic carbocycles. The van der Waals surface area contributed by atoms with Gasteiger partial charge in [-0.15, -0.1) is 0 Å². The second-order valence-corrected chi connectivity index (χ2v) is 27.0.